The van der Waals surface area contributed by atoms with Crippen molar-refractivity contribution < 1.29 is 23.2 Å². The van der Waals surface area contributed by atoms with E-state index < -0.39 is 11.0 Å². The van der Waals surface area contributed by atoms with Crippen molar-refractivity contribution in [3.05, 3.63) is 77.9 Å². The Morgan fingerprint density at radius 3 is 2.73 bits per heavy atom. The predicted molar refractivity (Wildman–Crippen MR) is 120 cm³/mol. The number of nitrogens with zero attached hydrogens (tertiary/aromatic N) is 3. The molecule has 10 heteroatoms. The van der Waals surface area contributed by atoms with Crippen molar-refractivity contribution in [3.8, 4) is 33.5 Å². The van der Waals surface area contributed by atoms with Crippen LogP contribution in [0.5, 0.6) is 11.5 Å². The zero-order chi connectivity index (χ0) is 23.2. The quantitative estimate of drug-likeness (QED) is 0.211. The van der Waals surface area contributed by atoms with Gasteiger partial charge in [-0.2, -0.15) is 9.87 Å². The number of carbonyl (C=O) groups is 1. The number of hydrogen-bond acceptors (Lipinski definition) is 8. The minimum Gasteiger partial charge on any atom is -0.492 e. The van der Waals surface area contributed by atoms with Gasteiger partial charge in [-0.05, 0) is 30.7 Å². The second-order valence-corrected chi connectivity index (χ2v) is 7.72. The van der Waals surface area contributed by atoms with Crippen LogP contribution in [0.4, 0.5) is 4.39 Å². The summed E-state index contributed by atoms with van der Waals surface area (Å²) in [5.41, 5.74) is 3.65. The van der Waals surface area contributed by atoms with Gasteiger partial charge in [0.15, 0.2) is 10.9 Å². The summed E-state index contributed by atoms with van der Waals surface area (Å²) in [6.07, 6.45) is 3.37. The number of thiazole rings is 1. The summed E-state index contributed by atoms with van der Waals surface area (Å²) >= 11 is 0.811. The highest BCUT2D eigenvalue weighted by Crippen LogP contribution is 2.45. The molecule has 33 heavy (non-hydrogen) atoms. The predicted octanol–water partition coefficient (Wildman–Crippen LogP) is 4.99. The van der Waals surface area contributed by atoms with E-state index in [1.165, 1.54) is 0 Å². The van der Waals surface area contributed by atoms with Crippen LogP contribution in [-0.2, 0) is 0 Å². The van der Waals surface area contributed by atoms with E-state index in [1.807, 2.05) is 0 Å². The number of aryl methyl sites for hydroxylation is 1. The van der Waals surface area contributed by atoms with E-state index >= 15 is 0 Å². The lowest BCUT2D eigenvalue weighted by Gasteiger charge is -2.17. The monoisotopic (exact) mass is 466 g/mol. The van der Waals surface area contributed by atoms with Gasteiger partial charge in [-0.15, -0.1) is 16.8 Å². The van der Waals surface area contributed by atoms with Crippen molar-refractivity contribution >= 4 is 17.2 Å². The molecule has 168 valence electrons. The molecule has 2 aromatic heterocycles. The molecule has 0 atom stereocenters. The first kappa shape index (κ1) is 22.2. The summed E-state index contributed by atoms with van der Waals surface area (Å²) in [5.74, 6) is 0.666. The molecule has 8 nitrogen and oxygen atoms in total. The molecular weight excluding hydrogens is 447 g/mol. The molecule has 0 saturated carbocycles. The van der Waals surface area contributed by atoms with E-state index in [1.54, 1.807) is 55.5 Å². The first-order chi connectivity index (χ1) is 16.1. The minimum atomic E-state index is -0.486. The Labute approximate surface area is 192 Å². The number of hydroxylamine groups is 1. The highest BCUT2D eigenvalue weighted by atomic mass is 32.1. The fraction of sp³-hybridized carbons (Fsp3) is 0.130. The number of hydrogen-bond donors (Lipinski definition) is 1. The van der Waals surface area contributed by atoms with Gasteiger partial charge in [0.2, 0.25) is 5.89 Å². The van der Waals surface area contributed by atoms with E-state index in [0.29, 0.717) is 39.8 Å². The van der Waals surface area contributed by atoms with Crippen molar-refractivity contribution in [3.63, 3.8) is 0 Å². The molecule has 0 saturated heterocycles. The van der Waals surface area contributed by atoms with Crippen molar-refractivity contribution in [1.29, 1.82) is 0 Å². The Kier molecular flexibility index (Phi) is 6.75. The van der Waals surface area contributed by atoms with Gasteiger partial charge in [0.05, 0.1) is 23.9 Å². The number of ether oxygens (including phenoxy) is 1. The fourth-order valence-corrected chi connectivity index (χ4v) is 3.63. The maximum atomic E-state index is 13.9. The first-order valence-electron chi connectivity index (χ1n) is 9.92. The third kappa shape index (κ3) is 5.07. The maximum absolute atomic E-state index is 13.9. The average Bonchev–Trinajstić information content (AvgIpc) is 3.46. The molecule has 0 aliphatic rings. The first-order valence-corrected chi connectivity index (χ1v) is 10.7. The van der Waals surface area contributed by atoms with Crippen LogP contribution in [0.25, 0.3) is 22.0 Å². The number of benzene rings is 2. The highest BCUT2D eigenvalue weighted by Gasteiger charge is 2.25. The Hall–Kier alpha value is -4.05. The Balaban J connectivity index is 1.77. The van der Waals surface area contributed by atoms with Crippen molar-refractivity contribution in [2.45, 2.75) is 13.3 Å². The average molecular weight is 466 g/mol. The largest absolute Gasteiger partial charge is 0.492 e. The van der Waals surface area contributed by atoms with Gasteiger partial charge in [-0.25, -0.2) is 4.98 Å². The van der Waals surface area contributed by atoms with Gasteiger partial charge in [-0.3, -0.25) is 4.79 Å². The van der Waals surface area contributed by atoms with Gasteiger partial charge in [0.25, 0.3) is 11.8 Å². The third-order valence-electron chi connectivity index (χ3n) is 4.43. The molecule has 0 aliphatic heterocycles. The van der Waals surface area contributed by atoms with E-state index in [4.69, 9.17) is 14.0 Å². The summed E-state index contributed by atoms with van der Waals surface area (Å²) in [4.78, 5) is 22.3. The fourth-order valence-electron chi connectivity index (χ4n) is 2.94. The van der Waals surface area contributed by atoms with E-state index in [2.05, 4.69) is 27.2 Å². The summed E-state index contributed by atoms with van der Waals surface area (Å²) in [6.45, 7) is 5.65. The molecule has 0 bridgehead atoms. The second-order valence-electron chi connectivity index (χ2n) is 6.74. The molecule has 4 aromatic rings. The topological polar surface area (TPSA) is 99.4 Å². The summed E-state index contributed by atoms with van der Waals surface area (Å²) in [5, 5.41) is 7.75. The molecule has 0 radical (unpaired) electrons. The zero-order valence-corrected chi connectivity index (χ0v) is 18.4. The molecule has 0 fully saturated rings. The zero-order valence-electron chi connectivity index (χ0n) is 17.6. The summed E-state index contributed by atoms with van der Waals surface area (Å²) in [6, 6.07) is 11.8. The lowest BCUT2D eigenvalue weighted by atomic mass is 10.1. The summed E-state index contributed by atoms with van der Waals surface area (Å²) in [7, 11) is 0. The van der Waals surface area contributed by atoms with Crippen LogP contribution < -0.4 is 15.1 Å². The van der Waals surface area contributed by atoms with Crippen LogP contribution in [0.15, 0.2) is 65.7 Å². The van der Waals surface area contributed by atoms with E-state index in [9.17, 15) is 9.18 Å². The molecule has 1 N–H and O–H groups in total. The van der Waals surface area contributed by atoms with Crippen molar-refractivity contribution in [2.24, 2.45) is 0 Å². The third-order valence-corrected chi connectivity index (χ3v) is 5.23. The minimum absolute atomic E-state index is 0.210. The number of rotatable bonds is 9. The Morgan fingerprint density at radius 1 is 1.24 bits per heavy atom. The molecule has 0 spiro atoms. The Morgan fingerprint density at radius 2 is 2.06 bits per heavy atom. The molecule has 0 unspecified atom stereocenters. The second kappa shape index (κ2) is 10.0. The smallest absolute Gasteiger partial charge is 0.283 e. The van der Waals surface area contributed by atoms with Crippen LogP contribution in [0.1, 0.15) is 22.7 Å². The van der Waals surface area contributed by atoms with Gasteiger partial charge in [0, 0.05) is 12.5 Å². The van der Waals surface area contributed by atoms with Crippen molar-refractivity contribution in [2.75, 3.05) is 6.61 Å². The van der Waals surface area contributed by atoms with E-state index in [0.717, 1.165) is 17.5 Å². The molecule has 1 amide bonds. The maximum Gasteiger partial charge on any atom is 0.283 e. The summed E-state index contributed by atoms with van der Waals surface area (Å²) < 4.78 is 25.5. The van der Waals surface area contributed by atoms with E-state index in [-0.39, 0.29) is 18.2 Å². The van der Waals surface area contributed by atoms with Gasteiger partial charge in [0.1, 0.15) is 10.8 Å². The lowest BCUT2D eigenvalue weighted by Crippen LogP contribution is -2.27. The molecule has 2 heterocycles. The molecule has 0 aliphatic carbocycles. The standard InChI is InChI=1S/C23H19FN4O4S/c1-3-4-12-30-20-16(22-27-26-14(2)31-22)10-11-17(19(20)23-25-13-18(24)33-23)32-28-21(29)15-8-6-5-7-9-15/h3,5-11,13H,1,4,12H2,2H3,(H,28,29). The van der Waals surface area contributed by atoms with Crippen LogP contribution in [0.2, 0.25) is 0 Å². The van der Waals surface area contributed by atoms with Crippen LogP contribution >= 0.6 is 11.3 Å². The number of nitrogens with one attached hydrogen (secondary N) is 1. The van der Waals surface area contributed by atoms with Crippen molar-refractivity contribution in [1.82, 2.24) is 20.7 Å². The highest BCUT2D eigenvalue weighted by molar-refractivity contribution is 7.13. The van der Waals surface area contributed by atoms with Crippen LogP contribution in [0.3, 0.4) is 0 Å². The van der Waals surface area contributed by atoms with Gasteiger partial charge < -0.3 is 14.0 Å². The lowest BCUT2D eigenvalue weighted by molar-refractivity contribution is 0.0760. The SMILES string of the molecule is C=CCCOc1c(-c2nnc(C)o2)ccc(ONC(=O)c2ccccc2)c1-c1ncc(F)s1. The molecular formula is C23H19FN4O4S. The number of carbonyl (C=O) groups excluding carboxylic acids is 1. The number of halogens is 1. The molecule has 4 rings (SSSR count). The Bertz CT molecular complexity index is 1270. The molecule has 2 aromatic carbocycles. The van der Waals surface area contributed by atoms with Gasteiger partial charge in [-0.1, -0.05) is 35.6 Å². The van der Waals surface area contributed by atoms with Crippen LogP contribution in [0, 0.1) is 12.1 Å². The van der Waals surface area contributed by atoms with Gasteiger partial charge >= 0.3 is 0 Å². The van der Waals surface area contributed by atoms with Crippen LogP contribution in [-0.4, -0.2) is 27.7 Å². The number of aromatic nitrogens is 3. The normalized spacial score (nSPS) is 10.6. The number of amides is 1.